The summed E-state index contributed by atoms with van der Waals surface area (Å²) < 4.78 is 12.1. The van der Waals surface area contributed by atoms with Crippen LogP contribution in [-0.2, 0) is 22.6 Å². The second kappa shape index (κ2) is 11.2. The van der Waals surface area contributed by atoms with Gasteiger partial charge < -0.3 is 19.5 Å². The molecule has 226 valence electrons. The molecule has 1 N–H and O–H groups in total. The van der Waals surface area contributed by atoms with Gasteiger partial charge in [-0.1, -0.05) is 52.0 Å². The maximum Gasteiger partial charge on any atom is 0.335 e. The largest absolute Gasteiger partial charge is 0.493 e. The fourth-order valence-electron chi connectivity index (χ4n) is 6.87. The van der Waals surface area contributed by atoms with E-state index >= 15 is 0 Å². The lowest BCUT2D eigenvalue weighted by Crippen LogP contribution is -2.43. The third-order valence-corrected chi connectivity index (χ3v) is 8.84. The zero-order valence-electron chi connectivity index (χ0n) is 26.0. The first-order valence-corrected chi connectivity index (χ1v) is 14.8. The molecule has 0 amide bonds. The number of methoxy groups -OCH3 is 1. The predicted octanol–water partition coefficient (Wildman–Crippen LogP) is 7.02. The number of nitrogens with zero attached hydrogens (tertiary/aromatic N) is 1. The van der Waals surface area contributed by atoms with Crippen molar-refractivity contribution in [3.8, 4) is 11.5 Å². The van der Waals surface area contributed by atoms with Crippen molar-refractivity contribution in [2.45, 2.75) is 72.3 Å². The molecule has 2 aromatic rings. The molecule has 0 fully saturated rings. The Bertz CT molecular complexity index is 1520. The van der Waals surface area contributed by atoms with Crippen LogP contribution in [0.4, 0.5) is 0 Å². The molecule has 3 aliphatic rings. The number of carbonyl (C=O) groups is 3. The van der Waals surface area contributed by atoms with Crippen molar-refractivity contribution >= 4 is 17.5 Å². The summed E-state index contributed by atoms with van der Waals surface area (Å²) in [5.41, 5.74) is 5.78. The standard InChI is InChI=1S/C36H41NO6/c1-8-9-23-14-24(15-29(42-7)33(23)43-20-21-10-12-22(13-11-21)34(40)41)30-31-25(16-35(2,3)18-27(31)38)37(6)26-17-36(4,5)19-28(39)32(26)30/h8,10-15,30H,1,9,16-20H2,2-7H3,(H,40,41). The minimum atomic E-state index is -0.983. The average molecular weight is 584 g/mol. The van der Waals surface area contributed by atoms with E-state index in [1.807, 2.05) is 19.2 Å². The van der Waals surface area contributed by atoms with E-state index in [-0.39, 0.29) is 34.6 Å². The highest BCUT2D eigenvalue weighted by Gasteiger charge is 2.48. The molecule has 0 atom stereocenters. The molecule has 43 heavy (non-hydrogen) atoms. The SMILES string of the molecule is C=CCc1cc(C2C3=C(CC(C)(C)CC3=O)N(C)C3=C2C(=O)CC(C)(C)C3)cc(OC)c1OCc1ccc(C(=O)O)cc1. The maximum absolute atomic E-state index is 13.9. The van der Waals surface area contributed by atoms with Gasteiger partial charge in [-0.05, 0) is 59.4 Å². The second-order valence-electron chi connectivity index (χ2n) is 13.6. The number of carboxylic acid groups (broad SMARTS) is 1. The van der Waals surface area contributed by atoms with Crippen molar-refractivity contribution in [3.05, 3.63) is 93.8 Å². The molecule has 1 aliphatic heterocycles. The molecule has 7 heteroatoms. The number of carbonyl (C=O) groups excluding carboxylic acids is 2. The summed E-state index contributed by atoms with van der Waals surface area (Å²) in [5.74, 6) is -0.237. The summed E-state index contributed by atoms with van der Waals surface area (Å²) >= 11 is 0. The van der Waals surface area contributed by atoms with Crippen molar-refractivity contribution in [2.75, 3.05) is 14.2 Å². The lowest BCUT2D eigenvalue weighted by molar-refractivity contribution is -0.119. The van der Waals surface area contributed by atoms with Crippen LogP contribution in [0.25, 0.3) is 0 Å². The first-order valence-electron chi connectivity index (χ1n) is 14.8. The molecule has 0 saturated carbocycles. The summed E-state index contributed by atoms with van der Waals surface area (Å²) in [5, 5.41) is 9.22. The van der Waals surface area contributed by atoms with E-state index in [1.54, 1.807) is 37.5 Å². The third-order valence-electron chi connectivity index (χ3n) is 8.84. The van der Waals surface area contributed by atoms with Crippen LogP contribution < -0.4 is 9.47 Å². The quantitative estimate of drug-likeness (QED) is 0.334. The summed E-state index contributed by atoms with van der Waals surface area (Å²) in [7, 11) is 3.59. The second-order valence-corrected chi connectivity index (χ2v) is 13.6. The molecule has 7 nitrogen and oxygen atoms in total. The predicted molar refractivity (Wildman–Crippen MR) is 165 cm³/mol. The van der Waals surface area contributed by atoms with Crippen LogP contribution in [0.1, 0.15) is 86.3 Å². The highest BCUT2D eigenvalue weighted by Crippen LogP contribution is 2.54. The number of benzene rings is 2. The van der Waals surface area contributed by atoms with Crippen molar-refractivity contribution in [2.24, 2.45) is 10.8 Å². The number of rotatable bonds is 8. The smallest absolute Gasteiger partial charge is 0.335 e. The van der Waals surface area contributed by atoms with Gasteiger partial charge in [-0.2, -0.15) is 0 Å². The lowest BCUT2D eigenvalue weighted by atomic mass is 9.63. The van der Waals surface area contributed by atoms with Crippen molar-refractivity contribution in [1.82, 2.24) is 4.90 Å². The molecular weight excluding hydrogens is 542 g/mol. The van der Waals surface area contributed by atoms with Crippen LogP contribution >= 0.6 is 0 Å². The number of Topliss-reactive ketones (excluding diaryl/α,β-unsaturated/α-hetero) is 2. The van der Waals surface area contributed by atoms with Gasteiger partial charge in [-0.25, -0.2) is 4.79 Å². The highest BCUT2D eigenvalue weighted by molar-refractivity contribution is 6.06. The van der Waals surface area contributed by atoms with Gasteiger partial charge in [-0.15, -0.1) is 6.58 Å². The first kappa shape index (κ1) is 30.3. The Morgan fingerprint density at radius 3 is 2.02 bits per heavy atom. The van der Waals surface area contributed by atoms with E-state index in [4.69, 9.17) is 9.47 Å². The lowest BCUT2D eigenvalue weighted by Gasteiger charge is -2.48. The maximum atomic E-state index is 13.9. The molecule has 1 heterocycles. The van der Waals surface area contributed by atoms with Gasteiger partial charge in [0.15, 0.2) is 23.1 Å². The molecular formula is C36H41NO6. The van der Waals surface area contributed by atoms with Gasteiger partial charge in [0.25, 0.3) is 0 Å². The molecule has 0 unspecified atom stereocenters. The number of carboxylic acids is 1. The average Bonchev–Trinajstić information content (AvgIpc) is 2.92. The monoisotopic (exact) mass is 583 g/mol. The molecule has 0 radical (unpaired) electrons. The summed E-state index contributed by atoms with van der Waals surface area (Å²) in [6, 6.07) is 10.5. The normalized spacial score (nSPS) is 19.6. The fraction of sp³-hybridized carbons (Fsp3) is 0.417. The van der Waals surface area contributed by atoms with Gasteiger partial charge in [0.05, 0.1) is 12.7 Å². The molecule has 0 saturated heterocycles. The van der Waals surface area contributed by atoms with Gasteiger partial charge in [-0.3, -0.25) is 9.59 Å². The Hall–Kier alpha value is -4.13. The minimum Gasteiger partial charge on any atom is -0.493 e. The molecule has 5 rings (SSSR count). The highest BCUT2D eigenvalue weighted by atomic mass is 16.5. The Morgan fingerprint density at radius 1 is 0.977 bits per heavy atom. The van der Waals surface area contributed by atoms with Crippen LogP contribution in [0.15, 0.2) is 71.6 Å². The van der Waals surface area contributed by atoms with E-state index in [0.717, 1.165) is 40.9 Å². The Labute approximate surface area is 253 Å². The first-order chi connectivity index (χ1) is 20.2. The Morgan fingerprint density at radius 2 is 1.53 bits per heavy atom. The van der Waals surface area contributed by atoms with Crippen LogP contribution in [0.5, 0.6) is 11.5 Å². The van der Waals surface area contributed by atoms with Crippen LogP contribution in [0.3, 0.4) is 0 Å². The molecule has 0 bridgehead atoms. The number of ketones is 2. The van der Waals surface area contributed by atoms with E-state index in [1.165, 1.54) is 0 Å². The molecule has 0 spiro atoms. The summed E-state index contributed by atoms with van der Waals surface area (Å²) in [6.07, 6.45) is 4.65. The van der Waals surface area contributed by atoms with Crippen molar-refractivity contribution < 1.29 is 29.0 Å². The van der Waals surface area contributed by atoms with Gasteiger partial charge in [0, 0.05) is 53.9 Å². The van der Waals surface area contributed by atoms with Crippen molar-refractivity contribution in [3.63, 3.8) is 0 Å². The number of hydrogen-bond acceptors (Lipinski definition) is 6. The van der Waals surface area contributed by atoms with E-state index in [2.05, 4.69) is 39.2 Å². The Kier molecular flexibility index (Phi) is 7.88. The number of hydrogen-bond donors (Lipinski definition) is 1. The fourth-order valence-corrected chi connectivity index (χ4v) is 6.87. The topological polar surface area (TPSA) is 93.1 Å². The van der Waals surface area contributed by atoms with Crippen molar-refractivity contribution in [1.29, 1.82) is 0 Å². The van der Waals surface area contributed by atoms with Gasteiger partial charge in [0.2, 0.25) is 0 Å². The summed E-state index contributed by atoms with van der Waals surface area (Å²) in [4.78, 5) is 41.2. The van der Waals surface area contributed by atoms with E-state index in [9.17, 15) is 19.5 Å². The van der Waals surface area contributed by atoms with Crippen LogP contribution in [0.2, 0.25) is 0 Å². The zero-order chi connectivity index (χ0) is 31.3. The molecule has 0 aromatic heterocycles. The number of allylic oxidation sites excluding steroid dienone is 5. The van der Waals surface area contributed by atoms with Crippen LogP contribution in [0, 0.1) is 10.8 Å². The van der Waals surface area contributed by atoms with Gasteiger partial charge >= 0.3 is 5.97 Å². The third kappa shape index (κ3) is 5.77. The zero-order valence-corrected chi connectivity index (χ0v) is 26.0. The Balaban J connectivity index is 1.63. The van der Waals surface area contributed by atoms with Crippen LogP contribution in [-0.4, -0.2) is 41.7 Å². The van der Waals surface area contributed by atoms with E-state index in [0.29, 0.717) is 41.9 Å². The van der Waals surface area contributed by atoms with E-state index < -0.39 is 11.9 Å². The molecule has 2 aromatic carbocycles. The number of aromatic carboxylic acids is 1. The molecule has 2 aliphatic carbocycles. The summed E-state index contributed by atoms with van der Waals surface area (Å²) in [6.45, 7) is 12.7. The minimum absolute atomic E-state index is 0.0849. The number of ether oxygens (including phenoxy) is 2. The van der Waals surface area contributed by atoms with Gasteiger partial charge in [0.1, 0.15) is 6.61 Å².